The van der Waals surface area contributed by atoms with Gasteiger partial charge in [-0.1, -0.05) is 42.4 Å². The molecule has 0 bridgehead atoms. The van der Waals surface area contributed by atoms with Gasteiger partial charge in [0.15, 0.2) is 0 Å². The summed E-state index contributed by atoms with van der Waals surface area (Å²) in [5, 5.41) is 4.06. The summed E-state index contributed by atoms with van der Waals surface area (Å²) >= 11 is 0. The van der Waals surface area contributed by atoms with E-state index in [0.717, 1.165) is 36.8 Å². The number of piperidine rings is 1. The van der Waals surface area contributed by atoms with Gasteiger partial charge in [-0.15, -0.1) is 0 Å². The van der Waals surface area contributed by atoms with Crippen molar-refractivity contribution in [3.8, 4) is 11.4 Å². The highest BCUT2D eigenvalue weighted by Crippen LogP contribution is 2.17. The highest BCUT2D eigenvalue weighted by molar-refractivity contribution is 5.53. The molecule has 0 saturated carbocycles. The minimum absolute atomic E-state index is 0.692. The maximum atomic E-state index is 5.35. The third-order valence-corrected chi connectivity index (χ3v) is 4.11. The fraction of sp³-hybridized carbons (Fsp3) is 0.529. The van der Waals surface area contributed by atoms with Gasteiger partial charge in [0.05, 0.1) is 0 Å². The highest BCUT2D eigenvalue weighted by Gasteiger charge is 2.16. The molecule has 4 nitrogen and oxygen atoms in total. The Morgan fingerprint density at radius 3 is 2.95 bits per heavy atom. The van der Waals surface area contributed by atoms with Gasteiger partial charge in [-0.2, -0.15) is 4.98 Å². The van der Waals surface area contributed by atoms with Crippen molar-refractivity contribution < 1.29 is 4.52 Å². The minimum Gasteiger partial charge on any atom is -0.339 e. The van der Waals surface area contributed by atoms with E-state index in [2.05, 4.69) is 22.0 Å². The second-order valence-corrected chi connectivity index (χ2v) is 6.03. The van der Waals surface area contributed by atoms with Gasteiger partial charge in [-0.25, -0.2) is 0 Å². The van der Waals surface area contributed by atoms with E-state index in [1.165, 1.54) is 25.9 Å². The largest absolute Gasteiger partial charge is 0.339 e. The summed E-state index contributed by atoms with van der Waals surface area (Å²) in [5.74, 6) is 2.28. The van der Waals surface area contributed by atoms with Crippen molar-refractivity contribution in [2.75, 3.05) is 19.6 Å². The lowest BCUT2D eigenvalue weighted by Gasteiger charge is -2.30. The highest BCUT2D eigenvalue weighted by atomic mass is 16.5. The van der Waals surface area contributed by atoms with Gasteiger partial charge < -0.3 is 9.42 Å². The molecule has 1 aromatic heterocycles. The molecule has 2 heterocycles. The number of aryl methyl sites for hydroxylation is 1. The number of benzene rings is 1. The van der Waals surface area contributed by atoms with Crippen molar-refractivity contribution in [2.24, 2.45) is 5.92 Å². The zero-order chi connectivity index (χ0) is 14.5. The first-order chi connectivity index (χ1) is 10.3. The lowest BCUT2D eigenvalue weighted by molar-refractivity contribution is 0.180. The first-order valence-electron chi connectivity index (χ1n) is 7.91. The fourth-order valence-electron chi connectivity index (χ4n) is 3.00. The van der Waals surface area contributed by atoms with Crippen LogP contribution in [0.5, 0.6) is 0 Å². The monoisotopic (exact) mass is 285 g/mol. The molecule has 4 heteroatoms. The maximum Gasteiger partial charge on any atom is 0.227 e. The second kappa shape index (κ2) is 6.85. The molecule has 112 valence electrons. The molecule has 0 spiro atoms. The standard InChI is InChI=1S/C17H23N3O/c1-14-7-5-11-20(13-14)12-6-10-16-18-17(19-21-16)15-8-3-2-4-9-15/h2-4,8-9,14H,5-7,10-13H2,1H3/t14-/m1/s1. The van der Waals surface area contributed by atoms with Gasteiger partial charge in [0.1, 0.15) is 0 Å². The van der Waals surface area contributed by atoms with Crippen molar-refractivity contribution in [3.63, 3.8) is 0 Å². The summed E-state index contributed by atoms with van der Waals surface area (Å²) in [6.45, 7) is 5.95. The van der Waals surface area contributed by atoms with Gasteiger partial charge in [0, 0.05) is 18.5 Å². The SMILES string of the molecule is C[C@@H]1CCCN(CCCc2nc(-c3ccccc3)no2)C1. The topological polar surface area (TPSA) is 42.2 Å². The van der Waals surface area contributed by atoms with E-state index in [1.807, 2.05) is 30.3 Å². The Balaban J connectivity index is 1.49. The average Bonchev–Trinajstić information content (AvgIpc) is 2.97. The quantitative estimate of drug-likeness (QED) is 0.844. The van der Waals surface area contributed by atoms with Crippen LogP contribution in [0.2, 0.25) is 0 Å². The molecule has 0 aliphatic carbocycles. The van der Waals surface area contributed by atoms with Crippen LogP contribution in [0.15, 0.2) is 34.9 Å². The van der Waals surface area contributed by atoms with Crippen LogP contribution >= 0.6 is 0 Å². The molecule has 21 heavy (non-hydrogen) atoms. The zero-order valence-corrected chi connectivity index (χ0v) is 12.7. The van der Waals surface area contributed by atoms with Crippen LogP contribution in [0.25, 0.3) is 11.4 Å². The van der Waals surface area contributed by atoms with Gasteiger partial charge in [-0.05, 0) is 38.3 Å². The third kappa shape index (κ3) is 3.91. The van der Waals surface area contributed by atoms with Crippen molar-refractivity contribution in [1.82, 2.24) is 15.0 Å². The first kappa shape index (κ1) is 14.3. The Morgan fingerprint density at radius 2 is 2.14 bits per heavy atom. The molecule has 0 radical (unpaired) electrons. The molecule has 1 aliphatic heterocycles. The zero-order valence-electron chi connectivity index (χ0n) is 12.7. The molecule has 2 aromatic rings. The van der Waals surface area contributed by atoms with E-state index in [-0.39, 0.29) is 0 Å². The predicted octanol–water partition coefficient (Wildman–Crippen LogP) is 3.40. The lowest BCUT2D eigenvalue weighted by atomic mass is 10.0. The van der Waals surface area contributed by atoms with E-state index >= 15 is 0 Å². The molecular weight excluding hydrogens is 262 g/mol. The third-order valence-electron chi connectivity index (χ3n) is 4.11. The summed E-state index contributed by atoms with van der Waals surface area (Å²) in [6.07, 6.45) is 4.66. The van der Waals surface area contributed by atoms with Gasteiger partial charge in [-0.3, -0.25) is 0 Å². The molecule has 0 unspecified atom stereocenters. The predicted molar refractivity (Wildman–Crippen MR) is 82.9 cm³/mol. The number of rotatable bonds is 5. The molecule has 3 rings (SSSR count). The Hall–Kier alpha value is -1.68. The van der Waals surface area contributed by atoms with Crippen molar-refractivity contribution in [1.29, 1.82) is 0 Å². The Bertz CT molecular complexity index is 552. The normalized spacial score (nSPS) is 19.8. The van der Waals surface area contributed by atoms with Crippen molar-refractivity contribution >= 4 is 0 Å². The molecule has 1 saturated heterocycles. The van der Waals surface area contributed by atoms with E-state index in [9.17, 15) is 0 Å². The molecule has 1 aliphatic rings. The molecule has 1 atom stereocenters. The summed E-state index contributed by atoms with van der Waals surface area (Å²) in [4.78, 5) is 7.04. The summed E-state index contributed by atoms with van der Waals surface area (Å²) in [5.41, 5.74) is 1.01. The van der Waals surface area contributed by atoms with Gasteiger partial charge >= 0.3 is 0 Å². The van der Waals surface area contributed by atoms with Gasteiger partial charge in [0.2, 0.25) is 11.7 Å². The van der Waals surface area contributed by atoms with Gasteiger partial charge in [0.25, 0.3) is 0 Å². The summed E-state index contributed by atoms with van der Waals surface area (Å²) < 4.78 is 5.35. The maximum absolute atomic E-state index is 5.35. The second-order valence-electron chi connectivity index (χ2n) is 6.03. The van der Waals surface area contributed by atoms with Crippen LogP contribution in [-0.2, 0) is 6.42 Å². The molecule has 0 amide bonds. The van der Waals surface area contributed by atoms with E-state index < -0.39 is 0 Å². The van der Waals surface area contributed by atoms with Crippen molar-refractivity contribution in [2.45, 2.75) is 32.6 Å². The smallest absolute Gasteiger partial charge is 0.227 e. The summed E-state index contributed by atoms with van der Waals surface area (Å²) in [6, 6.07) is 9.98. The number of hydrogen-bond donors (Lipinski definition) is 0. The Labute approximate surface area is 126 Å². The number of hydrogen-bond acceptors (Lipinski definition) is 4. The Kier molecular flexibility index (Phi) is 4.65. The van der Waals surface area contributed by atoms with Crippen molar-refractivity contribution in [3.05, 3.63) is 36.2 Å². The molecule has 1 aromatic carbocycles. The van der Waals surface area contributed by atoms with E-state index in [4.69, 9.17) is 4.52 Å². The van der Waals surface area contributed by atoms with Crippen LogP contribution in [0.3, 0.4) is 0 Å². The first-order valence-corrected chi connectivity index (χ1v) is 7.91. The van der Waals surface area contributed by atoms with Crippen LogP contribution in [0.1, 0.15) is 32.1 Å². The molecule has 1 fully saturated rings. The van der Waals surface area contributed by atoms with E-state index in [0.29, 0.717) is 5.82 Å². The molecule has 0 N–H and O–H groups in total. The lowest BCUT2D eigenvalue weighted by Crippen LogP contribution is -2.35. The summed E-state index contributed by atoms with van der Waals surface area (Å²) in [7, 11) is 0. The van der Waals surface area contributed by atoms with Crippen LogP contribution in [-0.4, -0.2) is 34.7 Å². The molecular formula is C17H23N3O. The number of aromatic nitrogens is 2. The Morgan fingerprint density at radius 1 is 1.29 bits per heavy atom. The van der Waals surface area contributed by atoms with Crippen LogP contribution in [0.4, 0.5) is 0 Å². The van der Waals surface area contributed by atoms with Crippen LogP contribution in [0, 0.1) is 5.92 Å². The van der Waals surface area contributed by atoms with E-state index in [1.54, 1.807) is 0 Å². The fourth-order valence-corrected chi connectivity index (χ4v) is 3.00. The average molecular weight is 285 g/mol. The number of nitrogens with zero attached hydrogens (tertiary/aromatic N) is 3. The van der Waals surface area contributed by atoms with Crippen LogP contribution < -0.4 is 0 Å². The number of likely N-dealkylation sites (tertiary alicyclic amines) is 1. The minimum atomic E-state index is 0.692.